The monoisotopic (exact) mass is 1140 g/mol. The first-order valence-corrected chi connectivity index (χ1v) is 35.2. The van der Waals surface area contributed by atoms with E-state index >= 15 is 0 Å². The molecular weight excluding hydrogens is 1010 g/mol. The van der Waals surface area contributed by atoms with Crippen molar-refractivity contribution in [2.24, 2.45) is 0 Å². The molecule has 82 heavy (non-hydrogen) atoms. The molecule has 0 amide bonds. The van der Waals surface area contributed by atoms with Crippen LogP contribution < -0.4 is 0 Å². The van der Waals surface area contributed by atoms with Crippen molar-refractivity contribution < 1.29 is 28.6 Å². The lowest BCUT2D eigenvalue weighted by Gasteiger charge is -2.18. The van der Waals surface area contributed by atoms with E-state index in [0.29, 0.717) is 19.3 Å². The quantitative estimate of drug-likeness (QED) is 0.0261. The van der Waals surface area contributed by atoms with E-state index in [1.165, 1.54) is 205 Å². The molecule has 1 unspecified atom stereocenters. The zero-order chi connectivity index (χ0) is 59.2. The molecule has 0 bridgehead atoms. The summed E-state index contributed by atoms with van der Waals surface area (Å²) in [5.74, 6) is -0.878. The van der Waals surface area contributed by atoms with Crippen molar-refractivity contribution in [3.8, 4) is 0 Å². The third-order valence-corrected chi connectivity index (χ3v) is 15.3. The van der Waals surface area contributed by atoms with Crippen LogP contribution in [0.4, 0.5) is 0 Å². The average molecular weight is 1140 g/mol. The van der Waals surface area contributed by atoms with Crippen LogP contribution in [0.2, 0.25) is 0 Å². The molecule has 6 nitrogen and oxygen atoms in total. The molecule has 0 fully saturated rings. The number of unbranched alkanes of at least 4 members (excludes halogenated alkanes) is 37. The van der Waals surface area contributed by atoms with Gasteiger partial charge in [0.2, 0.25) is 0 Å². The van der Waals surface area contributed by atoms with Crippen LogP contribution >= 0.6 is 0 Å². The first-order valence-electron chi connectivity index (χ1n) is 35.2. The van der Waals surface area contributed by atoms with Crippen LogP contribution in [0.25, 0.3) is 0 Å². The topological polar surface area (TPSA) is 78.9 Å². The lowest BCUT2D eigenvalue weighted by molar-refractivity contribution is -0.167. The Bertz CT molecular complexity index is 1590. The van der Waals surface area contributed by atoms with E-state index in [9.17, 15) is 14.4 Å². The fourth-order valence-corrected chi connectivity index (χ4v) is 10.0. The maximum Gasteiger partial charge on any atom is 0.306 e. The number of ether oxygens (including phenoxy) is 3. The van der Waals surface area contributed by atoms with Gasteiger partial charge in [-0.3, -0.25) is 14.4 Å². The van der Waals surface area contributed by atoms with Crippen molar-refractivity contribution in [3.05, 3.63) is 97.2 Å². The molecule has 0 saturated heterocycles. The largest absolute Gasteiger partial charge is 0.462 e. The van der Waals surface area contributed by atoms with E-state index in [2.05, 4.69) is 118 Å². The van der Waals surface area contributed by atoms with E-state index in [-0.39, 0.29) is 31.1 Å². The number of carbonyl (C=O) groups is 3. The van der Waals surface area contributed by atoms with Gasteiger partial charge in [-0.1, -0.05) is 304 Å². The van der Waals surface area contributed by atoms with Crippen molar-refractivity contribution >= 4 is 17.9 Å². The van der Waals surface area contributed by atoms with E-state index in [4.69, 9.17) is 14.2 Å². The molecule has 0 aromatic heterocycles. The normalized spacial score (nSPS) is 12.7. The van der Waals surface area contributed by atoms with E-state index in [1.54, 1.807) is 0 Å². The van der Waals surface area contributed by atoms with Crippen LogP contribution in [-0.4, -0.2) is 37.2 Å². The Balaban J connectivity index is 4.31. The zero-order valence-electron chi connectivity index (χ0n) is 54.2. The zero-order valence-corrected chi connectivity index (χ0v) is 54.2. The summed E-state index contributed by atoms with van der Waals surface area (Å²) < 4.78 is 17.0. The summed E-state index contributed by atoms with van der Waals surface area (Å²) in [6.45, 7) is 6.54. The van der Waals surface area contributed by atoms with Crippen molar-refractivity contribution in [3.63, 3.8) is 0 Å². The summed E-state index contributed by atoms with van der Waals surface area (Å²) in [4.78, 5) is 38.5. The van der Waals surface area contributed by atoms with Gasteiger partial charge in [-0.05, 0) is 122 Å². The number of hydrogen-bond acceptors (Lipinski definition) is 6. The lowest BCUT2D eigenvalue weighted by atomic mass is 10.0. The highest BCUT2D eigenvalue weighted by atomic mass is 16.6. The fraction of sp³-hybridized carbons (Fsp3) is 0.750. The van der Waals surface area contributed by atoms with Gasteiger partial charge in [-0.15, -0.1) is 0 Å². The number of allylic oxidation sites excluding steroid dienone is 16. The highest BCUT2D eigenvalue weighted by Gasteiger charge is 2.19. The molecule has 6 heteroatoms. The van der Waals surface area contributed by atoms with Crippen LogP contribution in [0.3, 0.4) is 0 Å². The smallest absolute Gasteiger partial charge is 0.306 e. The Morgan fingerprint density at radius 2 is 0.476 bits per heavy atom. The maximum atomic E-state index is 13.0. The van der Waals surface area contributed by atoms with Crippen LogP contribution in [0.1, 0.15) is 348 Å². The van der Waals surface area contributed by atoms with E-state index < -0.39 is 6.10 Å². The molecule has 0 rings (SSSR count). The number of carbonyl (C=O) groups excluding carboxylic acids is 3. The second-order valence-corrected chi connectivity index (χ2v) is 23.4. The number of esters is 3. The molecule has 0 aliphatic carbocycles. The third-order valence-electron chi connectivity index (χ3n) is 15.3. The molecule has 0 aliphatic heterocycles. The van der Waals surface area contributed by atoms with Crippen molar-refractivity contribution in [2.75, 3.05) is 13.2 Å². The molecule has 0 heterocycles. The summed E-state index contributed by atoms with van der Waals surface area (Å²) in [7, 11) is 0. The minimum atomic E-state index is -0.785. The van der Waals surface area contributed by atoms with Gasteiger partial charge in [0.1, 0.15) is 13.2 Å². The van der Waals surface area contributed by atoms with Gasteiger partial charge in [-0.25, -0.2) is 0 Å². The second kappa shape index (κ2) is 69.8. The fourth-order valence-electron chi connectivity index (χ4n) is 10.0. The van der Waals surface area contributed by atoms with E-state index in [1.807, 2.05) is 0 Å². The molecular formula is C76H132O6. The molecule has 1 atom stereocenters. The Morgan fingerprint density at radius 1 is 0.256 bits per heavy atom. The molecule has 0 N–H and O–H groups in total. The van der Waals surface area contributed by atoms with Gasteiger partial charge in [-0.2, -0.15) is 0 Å². The first-order chi connectivity index (χ1) is 40.5. The Morgan fingerprint density at radius 3 is 0.756 bits per heavy atom. The highest BCUT2D eigenvalue weighted by Crippen LogP contribution is 2.17. The van der Waals surface area contributed by atoms with Crippen LogP contribution in [-0.2, 0) is 28.6 Å². The summed E-state index contributed by atoms with van der Waals surface area (Å²) in [5, 5.41) is 0. The molecule has 0 aromatic carbocycles. The van der Waals surface area contributed by atoms with Crippen molar-refractivity contribution in [1.29, 1.82) is 0 Å². The standard InChI is InChI=1S/C76H132O6/c1-4-7-10-13-16-19-22-25-28-30-32-34-36-37-38-39-41-42-44-46-48-51-54-57-60-63-66-69-75(78)81-72-73(71-80-74(77)68-65-62-59-56-53-50-27-24-21-18-15-12-9-6-3)82-76(79)70-67-64-61-58-55-52-49-47-45-43-40-35-33-31-29-26-23-20-17-14-11-8-5-2/h7,10,16,19,23-28,31-34,37-38,73H,4-6,8-9,11-15,17-18,20-22,29-30,35-36,39-72H2,1-3H3/b10-7-,19-16-,26-23-,27-24-,28-25-,33-31-,34-32-,38-37-. The third kappa shape index (κ3) is 67.1. The maximum absolute atomic E-state index is 13.0. The summed E-state index contributed by atoms with van der Waals surface area (Å²) >= 11 is 0. The molecule has 0 spiro atoms. The lowest BCUT2D eigenvalue weighted by Crippen LogP contribution is -2.30. The summed E-state index contributed by atoms with van der Waals surface area (Å²) in [6, 6.07) is 0. The molecule has 0 radical (unpaired) electrons. The van der Waals surface area contributed by atoms with E-state index in [0.717, 1.165) is 103 Å². The Hall–Kier alpha value is -3.67. The second-order valence-electron chi connectivity index (χ2n) is 23.4. The van der Waals surface area contributed by atoms with Gasteiger partial charge in [0.25, 0.3) is 0 Å². The number of rotatable bonds is 64. The van der Waals surface area contributed by atoms with Gasteiger partial charge in [0, 0.05) is 19.3 Å². The minimum Gasteiger partial charge on any atom is -0.462 e. The Kier molecular flexibility index (Phi) is 66.7. The van der Waals surface area contributed by atoms with Gasteiger partial charge in [0.05, 0.1) is 0 Å². The SMILES string of the molecule is CC/C=C\C/C=C\C/C=C\C/C=C\C/C=C\CCCCCCCCCCCCCC(=O)OCC(COC(=O)CCCCCCC/C=C\CCCCCCC)OC(=O)CCCCCCCCCCCCC/C=C\C/C=C\CCCCCCC. The van der Waals surface area contributed by atoms with Crippen molar-refractivity contribution in [1.82, 2.24) is 0 Å². The average Bonchev–Trinajstić information content (AvgIpc) is 3.48. The first kappa shape index (κ1) is 78.3. The van der Waals surface area contributed by atoms with Gasteiger partial charge >= 0.3 is 17.9 Å². The minimum absolute atomic E-state index is 0.0806. The van der Waals surface area contributed by atoms with Crippen LogP contribution in [0, 0.1) is 0 Å². The van der Waals surface area contributed by atoms with Gasteiger partial charge < -0.3 is 14.2 Å². The van der Waals surface area contributed by atoms with Crippen LogP contribution in [0.15, 0.2) is 97.2 Å². The summed E-state index contributed by atoms with van der Waals surface area (Å²) in [5.41, 5.74) is 0. The summed E-state index contributed by atoms with van der Waals surface area (Å²) in [6.07, 6.45) is 94.2. The predicted octanol–water partition coefficient (Wildman–Crippen LogP) is 24.4. The highest BCUT2D eigenvalue weighted by molar-refractivity contribution is 5.71. The van der Waals surface area contributed by atoms with Crippen LogP contribution in [0.5, 0.6) is 0 Å². The molecule has 472 valence electrons. The molecule has 0 aliphatic rings. The van der Waals surface area contributed by atoms with Crippen molar-refractivity contribution in [2.45, 2.75) is 354 Å². The molecule has 0 saturated carbocycles. The Labute approximate surface area is 508 Å². The number of hydrogen-bond donors (Lipinski definition) is 0. The predicted molar refractivity (Wildman–Crippen MR) is 357 cm³/mol. The van der Waals surface area contributed by atoms with Gasteiger partial charge in [0.15, 0.2) is 6.10 Å². The molecule has 0 aromatic rings.